The normalized spacial score (nSPS) is 10.9. The van der Waals surface area contributed by atoms with Crippen LogP contribution in [0.1, 0.15) is 35.0 Å². The summed E-state index contributed by atoms with van der Waals surface area (Å²) in [6, 6.07) is 2.22. The van der Waals surface area contributed by atoms with Crippen molar-refractivity contribution in [1.82, 2.24) is 10.3 Å². The Kier molecular flexibility index (Phi) is 4.71. The Morgan fingerprint density at radius 3 is 2.76 bits per heavy atom. The Balaban J connectivity index is 1.83. The summed E-state index contributed by atoms with van der Waals surface area (Å²) in [5, 5.41) is 9.03. The van der Waals surface area contributed by atoms with Crippen LogP contribution >= 0.6 is 22.7 Å². The molecule has 0 spiro atoms. The first-order chi connectivity index (χ1) is 8.33. The van der Waals surface area contributed by atoms with E-state index in [1.807, 2.05) is 11.3 Å². The van der Waals surface area contributed by atoms with Gasteiger partial charge in [0.1, 0.15) is 0 Å². The predicted octanol–water partition coefficient (Wildman–Crippen LogP) is 3.62. The SMILES string of the molecule is CCc1nc(CNCc2sccc2CC)cs1. The van der Waals surface area contributed by atoms with E-state index in [9.17, 15) is 0 Å². The second-order valence-electron chi connectivity index (χ2n) is 3.91. The van der Waals surface area contributed by atoms with Gasteiger partial charge in [-0.1, -0.05) is 13.8 Å². The molecular weight excluding hydrogens is 248 g/mol. The first kappa shape index (κ1) is 12.7. The number of hydrogen-bond acceptors (Lipinski definition) is 4. The fourth-order valence-corrected chi connectivity index (χ4v) is 3.42. The number of nitrogens with one attached hydrogen (secondary N) is 1. The molecule has 4 heteroatoms. The maximum atomic E-state index is 4.55. The summed E-state index contributed by atoms with van der Waals surface area (Å²) in [7, 11) is 0. The van der Waals surface area contributed by atoms with Crippen LogP contribution in [-0.2, 0) is 25.9 Å². The second-order valence-corrected chi connectivity index (χ2v) is 5.86. The average Bonchev–Trinajstić information content (AvgIpc) is 2.97. The minimum absolute atomic E-state index is 0.873. The van der Waals surface area contributed by atoms with Crippen LogP contribution in [0.25, 0.3) is 0 Å². The Morgan fingerprint density at radius 1 is 1.18 bits per heavy atom. The number of aromatic nitrogens is 1. The molecule has 0 fully saturated rings. The molecule has 0 saturated heterocycles. The standard InChI is InChI=1S/C13H18N2S2/c1-3-10-5-6-16-12(10)8-14-7-11-9-17-13(4-2)15-11/h5-6,9,14H,3-4,7-8H2,1-2H3. The van der Waals surface area contributed by atoms with E-state index in [0.717, 1.165) is 25.9 Å². The van der Waals surface area contributed by atoms with Gasteiger partial charge in [0.25, 0.3) is 0 Å². The zero-order chi connectivity index (χ0) is 12.1. The van der Waals surface area contributed by atoms with Gasteiger partial charge in [-0.2, -0.15) is 0 Å². The van der Waals surface area contributed by atoms with Gasteiger partial charge in [0.2, 0.25) is 0 Å². The molecule has 0 aromatic carbocycles. The third-order valence-corrected chi connectivity index (χ3v) is 4.72. The van der Waals surface area contributed by atoms with Crippen LogP contribution in [0.2, 0.25) is 0 Å². The Morgan fingerprint density at radius 2 is 2.06 bits per heavy atom. The molecule has 0 unspecified atom stereocenters. The van der Waals surface area contributed by atoms with Gasteiger partial charge in [0, 0.05) is 23.3 Å². The minimum atomic E-state index is 0.873. The molecule has 0 aliphatic heterocycles. The first-order valence-corrected chi connectivity index (χ1v) is 7.78. The Bertz CT molecular complexity index is 459. The van der Waals surface area contributed by atoms with Crippen molar-refractivity contribution in [3.05, 3.63) is 38.0 Å². The molecule has 0 amide bonds. The van der Waals surface area contributed by atoms with Crippen molar-refractivity contribution in [2.45, 2.75) is 39.8 Å². The number of nitrogens with zero attached hydrogens (tertiary/aromatic N) is 1. The van der Waals surface area contributed by atoms with Crippen LogP contribution in [0.15, 0.2) is 16.8 Å². The molecule has 2 aromatic rings. The van der Waals surface area contributed by atoms with Crippen LogP contribution in [0.5, 0.6) is 0 Å². The van der Waals surface area contributed by atoms with E-state index in [1.165, 1.54) is 21.1 Å². The molecule has 0 radical (unpaired) electrons. The van der Waals surface area contributed by atoms with E-state index in [1.54, 1.807) is 11.3 Å². The van der Waals surface area contributed by atoms with E-state index in [-0.39, 0.29) is 0 Å². The lowest BCUT2D eigenvalue weighted by Gasteiger charge is -2.03. The zero-order valence-corrected chi connectivity index (χ0v) is 12.0. The lowest BCUT2D eigenvalue weighted by atomic mass is 10.2. The van der Waals surface area contributed by atoms with E-state index >= 15 is 0 Å². The maximum absolute atomic E-state index is 4.55. The molecule has 0 bridgehead atoms. The van der Waals surface area contributed by atoms with Crippen LogP contribution in [-0.4, -0.2) is 4.98 Å². The lowest BCUT2D eigenvalue weighted by molar-refractivity contribution is 0.684. The average molecular weight is 266 g/mol. The smallest absolute Gasteiger partial charge is 0.0926 e. The summed E-state index contributed by atoms with van der Waals surface area (Å²) in [5.74, 6) is 0. The number of thiazole rings is 1. The molecule has 2 heterocycles. The highest BCUT2D eigenvalue weighted by atomic mass is 32.1. The van der Waals surface area contributed by atoms with Crippen molar-refractivity contribution in [3.8, 4) is 0 Å². The quantitative estimate of drug-likeness (QED) is 0.864. The summed E-state index contributed by atoms with van der Waals surface area (Å²) < 4.78 is 0. The molecule has 0 atom stereocenters. The van der Waals surface area contributed by atoms with Gasteiger partial charge < -0.3 is 5.32 Å². The van der Waals surface area contributed by atoms with Gasteiger partial charge in [-0.15, -0.1) is 22.7 Å². The topological polar surface area (TPSA) is 24.9 Å². The molecule has 2 nitrogen and oxygen atoms in total. The van der Waals surface area contributed by atoms with Crippen molar-refractivity contribution in [3.63, 3.8) is 0 Å². The third-order valence-electron chi connectivity index (χ3n) is 2.71. The molecule has 2 rings (SSSR count). The molecule has 0 aliphatic rings. The number of hydrogen-bond donors (Lipinski definition) is 1. The van der Waals surface area contributed by atoms with Crippen LogP contribution < -0.4 is 5.32 Å². The molecular formula is C13H18N2S2. The van der Waals surface area contributed by atoms with E-state index in [2.05, 4.69) is 41.0 Å². The van der Waals surface area contributed by atoms with E-state index in [4.69, 9.17) is 0 Å². The highest BCUT2D eigenvalue weighted by Gasteiger charge is 2.03. The van der Waals surface area contributed by atoms with Crippen LogP contribution in [0.4, 0.5) is 0 Å². The second kappa shape index (κ2) is 6.28. The fraction of sp³-hybridized carbons (Fsp3) is 0.462. The molecule has 17 heavy (non-hydrogen) atoms. The van der Waals surface area contributed by atoms with E-state index < -0.39 is 0 Å². The number of aryl methyl sites for hydroxylation is 2. The van der Waals surface area contributed by atoms with Gasteiger partial charge in [-0.05, 0) is 29.9 Å². The highest BCUT2D eigenvalue weighted by molar-refractivity contribution is 7.10. The monoisotopic (exact) mass is 266 g/mol. The lowest BCUT2D eigenvalue weighted by Crippen LogP contribution is -2.13. The highest BCUT2D eigenvalue weighted by Crippen LogP contribution is 2.17. The summed E-state index contributed by atoms with van der Waals surface area (Å²) in [6.07, 6.45) is 2.16. The van der Waals surface area contributed by atoms with E-state index in [0.29, 0.717) is 0 Å². The fourth-order valence-electron chi connectivity index (χ4n) is 1.73. The first-order valence-electron chi connectivity index (χ1n) is 6.02. The van der Waals surface area contributed by atoms with Gasteiger partial charge in [-0.25, -0.2) is 4.98 Å². The van der Waals surface area contributed by atoms with Gasteiger partial charge in [0.15, 0.2) is 0 Å². The van der Waals surface area contributed by atoms with Crippen LogP contribution in [0, 0.1) is 0 Å². The van der Waals surface area contributed by atoms with Crippen molar-refractivity contribution < 1.29 is 0 Å². The summed E-state index contributed by atoms with van der Waals surface area (Å²) in [4.78, 5) is 6.01. The Hall–Kier alpha value is -0.710. The third kappa shape index (κ3) is 3.37. The van der Waals surface area contributed by atoms with Gasteiger partial charge in [0.05, 0.1) is 10.7 Å². The molecule has 0 saturated carbocycles. The van der Waals surface area contributed by atoms with Crippen molar-refractivity contribution in [2.75, 3.05) is 0 Å². The summed E-state index contributed by atoms with van der Waals surface area (Å²) >= 11 is 3.60. The maximum Gasteiger partial charge on any atom is 0.0926 e. The van der Waals surface area contributed by atoms with Crippen molar-refractivity contribution in [1.29, 1.82) is 0 Å². The molecule has 0 aliphatic carbocycles. The van der Waals surface area contributed by atoms with Crippen molar-refractivity contribution in [2.24, 2.45) is 0 Å². The molecule has 92 valence electrons. The number of rotatable bonds is 6. The Labute approximate surface area is 111 Å². The largest absolute Gasteiger partial charge is 0.306 e. The van der Waals surface area contributed by atoms with Crippen molar-refractivity contribution >= 4 is 22.7 Å². The minimum Gasteiger partial charge on any atom is -0.306 e. The molecule has 1 N–H and O–H groups in total. The zero-order valence-electron chi connectivity index (χ0n) is 10.3. The predicted molar refractivity (Wildman–Crippen MR) is 75.7 cm³/mol. The molecule has 2 aromatic heterocycles. The van der Waals surface area contributed by atoms with Crippen LogP contribution in [0.3, 0.4) is 0 Å². The van der Waals surface area contributed by atoms with Gasteiger partial charge >= 0.3 is 0 Å². The van der Waals surface area contributed by atoms with Gasteiger partial charge in [-0.3, -0.25) is 0 Å². The number of thiophene rings is 1. The summed E-state index contributed by atoms with van der Waals surface area (Å²) in [5.41, 5.74) is 2.64. The summed E-state index contributed by atoms with van der Waals surface area (Å²) in [6.45, 7) is 6.19.